The average molecular weight is 572 g/mol. The number of benzene rings is 3. The third-order valence-corrected chi connectivity index (χ3v) is 7.74. The Balaban J connectivity index is 1.29. The molecule has 3 aliphatic heterocycles. The van der Waals surface area contributed by atoms with Gasteiger partial charge in [0.15, 0.2) is 11.5 Å². The van der Waals surface area contributed by atoms with Crippen LogP contribution in [0.5, 0.6) is 11.5 Å². The Hall–Kier alpha value is -4.31. The predicted molar refractivity (Wildman–Crippen MR) is 161 cm³/mol. The molecule has 3 aromatic carbocycles. The molecule has 210 valence electrons. The molecule has 9 nitrogen and oxygen atoms in total. The molecule has 10 heteroatoms. The Morgan fingerprint density at radius 2 is 1.71 bits per heavy atom. The molecule has 1 fully saturated rings. The summed E-state index contributed by atoms with van der Waals surface area (Å²) in [4.78, 5) is 32.4. The molecular formula is C31H30ClN5O4. The van der Waals surface area contributed by atoms with E-state index in [2.05, 4.69) is 27.5 Å². The fraction of sp³-hybridized carbons (Fsp3) is 0.226. The monoisotopic (exact) mass is 571 g/mol. The van der Waals surface area contributed by atoms with Crippen LogP contribution in [0.2, 0.25) is 5.02 Å². The summed E-state index contributed by atoms with van der Waals surface area (Å²) in [7, 11) is 3.89. The normalized spacial score (nSPS) is 17.6. The summed E-state index contributed by atoms with van der Waals surface area (Å²) < 4.78 is 11.2. The zero-order chi connectivity index (χ0) is 28.5. The van der Waals surface area contributed by atoms with Gasteiger partial charge >= 0.3 is 0 Å². The fourth-order valence-electron chi connectivity index (χ4n) is 5.09. The van der Waals surface area contributed by atoms with Gasteiger partial charge in [0, 0.05) is 60.8 Å². The molecule has 2 amide bonds. The van der Waals surface area contributed by atoms with Crippen molar-refractivity contribution in [2.45, 2.75) is 0 Å². The number of ether oxygens (including phenoxy) is 2. The Morgan fingerprint density at radius 1 is 0.976 bits per heavy atom. The highest BCUT2D eigenvalue weighted by atomic mass is 35.5. The van der Waals surface area contributed by atoms with E-state index in [1.807, 2.05) is 42.5 Å². The standard InChI is InChI=1S/C31H30ClN5O4/c1-35-11-13-37(14-12-35)19-28(38)36(2)23-7-5-22(6-8-23)33-30(20-3-10-26-27(17-20)41-16-15-40-26)29-24-9-4-21(32)18-25(24)34-31(29)39/h3-10,15-18,33H,11-14,19H2,1-2H3,(H,34,39). The minimum atomic E-state index is -0.245. The Morgan fingerprint density at radius 3 is 2.46 bits per heavy atom. The van der Waals surface area contributed by atoms with Crippen LogP contribution in [0.1, 0.15) is 11.1 Å². The average Bonchev–Trinajstić information content (AvgIpc) is 3.31. The summed E-state index contributed by atoms with van der Waals surface area (Å²) in [5.74, 6) is 0.916. The van der Waals surface area contributed by atoms with Crippen LogP contribution in [0.4, 0.5) is 17.1 Å². The number of hydrogen-bond acceptors (Lipinski definition) is 7. The molecule has 3 heterocycles. The first kappa shape index (κ1) is 26.9. The molecule has 0 aromatic heterocycles. The van der Waals surface area contributed by atoms with Crippen molar-refractivity contribution in [3.05, 3.63) is 89.3 Å². The first-order valence-corrected chi connectivity index (χ1v) is 13.8. The van der Waals surface area contributed by atoms with Crippen molar-refractivity contribution < 1.29 is 19.1 Å². The van der Waals surface area contributed by atoms with Crippen molar-refractivity contribution in [1.82, 2.24) is 9.80 Å². The third kappa shape index (κ3) is 5.65. The number of fused-ring (bicyclic) bond motifs is 2. The van der Waals surface area contributed by atoms with Gasteiger partial charge in [-0.2, -0.15) is 0 Å². The summed E-state index contributed by atoms with van der Waals surface area (Å²) in [6.45, 7) is 4.08. The summed E-state index contributed by atoms with van der Waals surface area (Å²) in [6, 6.07) is 18.4. The van der Waals surface area contributed by atoms with Gasteiger partial charge in [-0.15, -0.1) is 0 Å². The first-order chi connectivity index (χ1) is 19.9. The fourth-order valence-corrected chi connectivity index (χ4v) is 5.26. The number of nitrogens with one attached hydrogen (secondary N) is 2. The number of nitrogens with zero attached hydrogens (tertiary/aromatic N) is 3. The minimum absolute atomic E-state index is 0.0429. The molecule has 6 rings (SSSR count). The first-order valence-electron chi connectivity index (χ1n) is 13.4. The van der Waals surface area contributed by atoms with Crippen molar-refractivity contribution in [3.63, 3.8) is 0 Å². The second kappa shape index (κ2) is 11.3. The molecule has 0 radical (unpaired) electrons. The lowest BCUT2D eigenvalue weighted by Gasteiger charge is -2.32. The maximum Gasteiger partial charge on any atom is 0.258 e. The summed E-state index contributed by atoms with van der Waals surface area (Å²) in [5, 5.41) is 6.91. The lowest BCUT2D eigenvalue weighted by atomic mass is 9.99. The second-order valence-electron chi connectivity index (χ2n) is 10.3. The summed E-state index contributed by atoms with van der Waals surface area (Å²) in [5.41, 5.74) is 4.73. The van der Waals surface area contributed by atoms with Crippen molar-refractivity contribution in [2.75, 3.05) is 62.4 Å². The van der Waals surface area contributed by atoms with Crippen molar-refractivity contribution in [1.29, 1.82) is 0 Å². The molecule has 0 unspecified atom stereocenters. The van der Waals surface area contributed by atoms with Crippen LogP contribution in [-0.2, 0) is 9.59 Å². The van der Waals surface area contributed by atoms with Crippen LogP contribution in [0.25, 0.3) is 11.3 Å². The minimum Gasteiger partial charge on any atom is -0.458 e. The zero-order valence-corrected chi connectivity index (χ0v) is 23.6. The van der Waals surface area contributed by atoms with Gasteiger partial charge in [-0.1, -0.05) is 17.7 Å². The van der Waals surface area contributed by atoms with Gasteiger partial charge in [0.05, 0.1) is 23.5 Å². The van der Waals surface area contributed by atoms with Gasteiger partial charge in [-0.3, -0.25) is 14.5 Å². The van der Waals surface area contributed by atoms with Crippen LogP contribution in [0.15, 0.2) is 73.2 Å². The maximum absolute atomic E-state index is 13.3. The van der Waals surface area contributed by atoms with Crippen molar-refractivity contribution in [3.8, 4) is 11.5 Å². The third-order valence-electron chi connectivity index (χ3n) is 7.51. The molecule has 0 saturated carbocycles. The largest absolute Gasteiger partial charge is 0.458 e. The van der Waals surface area contributed by atoms with E-state index in [9.17, 15) is 9.59 Å². The number of amides is 2. The molecular weight excluding hydrogens is 542 g/mol. The smallest absolute Gasteiger partial charge is 0.258 e. The van der Waals surface area contributed by atoms with Gasteiger partial charge in [0.2, 0.25) is 5.91 Å². The van der Waals surface area contributed by atoms with E-state index in [1.165, 1.54) is 12.5 Å². The van der Waals surface area contributed by atoms with Gasteiger partial charge in [0.25, 0.3) is 5.91 Å². The molecule has 0 bridgehead atoms. The second-order valence-corrected chi connectivity index (χ2v) is 10.7. The van der Waals surface area contributed by atoms with E-state index in [-0.39, 0.29) is 11.8 Å². The SMILES string of the molecule is CN1CCN(CC(=O)N(C)c2ccc(NC(=C3C(=O)Nc4cc(Cl)ccc43)c3ccc4c(c3)OC=CO4)cc2)CC1. The molecule has 0 aliphatic carbocycles. The molecule has 3 aliphatic rings. The van der Waals surface area contributed by atoms with Crippen LogP contribution >= 0.6 is 11.6 Å². The topological polar surface area (TPSA) is 86.4 Å². The molecule has 3 aromatic rings. The van der Waals surface area contributed by atoms with Gasteiger partial charge in [0.1, 0.15) is 12.5 Å². The Labute approximate surface area is 243 Å². The molecule has 2 N–H and O–H groups in total. The number of rotatable bonds is 6. The van der Waals surface area contributed by atoms with E-state index in [4.69, 9.17) is 21.1 Å². The van der Waals surface area contributed by atoms with E-state index in [1.54, 1.807) is 30.1 Å². The van der Waals surface area contributed by atoms with Crippen LogP contribution in [0.3, 0.4) is 0 Å². The number of carbonyl (C=O) groups excluding carboxylic acids is 2. The Bertz CT molecular complexity index is 1560. The maximum atomic E-state index is 13.3. The van der Waals surface area contributed by atoms with E-state index in [0.29, 0.717) is 40.0 Å². The molecule has 1 saturated heterocycles. The number of halogens is 1. The number of carbonyl (C=O) groups is 2. The van der Waals surface area contributed by atoms with E-state index >= 15 is 0 Å². The van der Waals surface area contributed by atoms with E-state index in [0.717, 1.165) is 48.7 Å². The molecule has 41 heavy (non-hydrogen) atoms. The van der Waals surface area contributed by atoms with Gasteiger partial charge in [-0.25, -0.2) is 0 Å². The lowest BCUT2D eigenvalue weighted by Crippen LogP contribution is -2.48. The quantitative estimate of drug-likeness (QED) is 0.414. The highest BCUT2D eigenvalue weighted by molar-refractivity contribution is 6.38. The van der Waals surface area contributed by atoms with Crippen molar-refractivity contribution >= 4 is 51.7 Å². The highest BCUT2D eigenvalue weighted by Crippen LogP contribution is 2.41. The predicted octanol–water partition coefficient (Wildman–Crippen LogP) is 4.73. The van der Waals surface area contributed by atoms with Gasteiger partial charge < -0.3 is 29.9 Å². The number of anilines is 3. The van der Waals surface area contributed by atoms with Crippen molar-refractivity contribution in [2.24, 2.45) is 0 Å². The molecule has 0 atom stereocenters. The number of hydrogen-bond donors (Lipinski definition) is 2. The number of likely N-dealkylation sites (N-methyl/N-ethyl adjacent to an activating group) is 2. The van der Waals surface area contributed by atoms with Crippen LogP contribution in [0, 0.1) is 0 Å². The van der Waals surface area contributed by atoms with Crippen LogP contribution < -0.4 is 25.0 Å². The lowest BCUT2D eigenvalue weighted by molar-refractivity contribution is -0.119. The van der Waals surface area contributed by atoms with Gasteiger partial charge in [-0.05, 0) is 61.6 Å². The summed E-state index contributed by atoms with van der Waals surface area (Å²) >= 11 is 6.20. The van der Waals surface area contributed by atoms with E-state index < -0.39 is 0 Å². The number of piperazine rings is 1. The van der Waals surface area contributed by atoms with Crippen LogP contribution in [-0.4, -0.2) is 68.4 Å². The molecule has 0 spiro atoms. The summed E-state index contributed by atoms with van der Waals surface area (Å²) in [6.07, 6.45) is 2.94. The Kier molecular flexibility index (Phi) is 7.40. The zero-order valence-electron chi connectivity index (χ0n) is 22.8. The highest BCUT2D eigenvalue weighted by Gasteiger charge is 2.29.